The number of amides is 2. The minimum absolute atomic E-state index is 0.00783. The number of aryl methyl sites for hydroxylation is 1. The van der Waals surface area contributed by atoms with Crippen molar-refractivity contribution in [3.8, 4) is 5.75 Å². The minimum atomic E-state index is -0.142. The highest BCUT2D eigenvalue weighted by Crippen LogP contribution is 2.29. The highest BCUT2D eigenvalue weighted by atomic mass is 16.5. The molecular formula is C18H22N4O2. The van der Waals surface area contributed by atoms with Gasteiger partial charge in [-0.05, 0) is 30.9 Å². The van der Waals surface area contributed by atoms with Crippen molar-refractivity contribution in [3.63, 3.8) is 0 Å². The van der Waals surface area contributed by atoms with E-state index in [0.29, 0.717) is 6.54 Å². The summed E-state index contributed by atoms with van der Waals surface area (Å²) < 4.78 is 7.76. The molecule has 2 aliphatic rings. The molecule has 126 valence electrons. The van der Waals surface area contributed by atoms with E-state index in [1.165, 1.54) is 11.3 Å². The maximum atomic E-state index is 12.3. The zero-order valence-electron chi connectivity index (χ0n) is 13.8. The van der Waals surface area contributed by atoms with E-state index < -0.39 is 0 Å². The van der Waals surface area contributed by atoms with Gasteiger partial charge in [0.1, 0.15) is 11.9 Å². The van der Waals surface area contributed by atoms with Gasteiger partial charge in [0.15, 0.2) is 0 Å². The molecule has 0 saturated heterocycles. The van der Waals surface area contributed by atoms with Crippen LogP contribution in [0, 0.1) is 0 Å². The fraction of sp³-hybridized carbons (Fsp3) is 0.444. The van der Waals surface area contributed by atoms with Crippen LogP contribution in [0.3, 0.4) is 0 Å². The second-order valence-electron chi connectivity index (χ2n) is 6.52. The number of rotatable bonds is 3. The molecule has 4 rings (SSSR count). The van der Waals surface area contributed by atoms with Gasteiger partial charge in [0.25, 0.3) is 0 Å². The minimum Gasteiger partial charge on any atom is -0.488 e. The highest BCUT2D eigenvalue weighted by molar-refractivity contribution is 5.74. The molecule has 1 aliphatic heterocycles. The fourth-order valence-electron chi connectivity index (χ4n) is 3.64. The summed E-state index contributed by atoms with van der Waals surface area (Å²) in [6.07, 6.45) is 5.77. The third kappa shape index (κ3) is 2.84. The van der Waals surface area contributed by atoms with Crippen LogP contribution in [0.15, 0.2) is 30.5 Å². The molecule has 1 aliphatic carbocycles. The van der Waals surface area contributed by atoms with Crippen LogP contribution < -0.4 is 15.4 Å². The Morgan fingerprint density at radius 1 is 1.42 bits per heavy atom. The van der Waals surface area contributed by atoms with Gasteiger partial charge >= 0.3 is 6.03 Å². The number of urea groups is 1. The number of hydrogen-bond acceptors (Lipinski definition) is 3. The van der Waals surface area contributed by atoms with E-state index in [9.17, 15) is 4.79 Å². The first-order valence-electron chi connectivity index (χ1n) is 8.50. The van der Waals surface area contributed by atoms with Crippen molar-refractivity contribution in [1.29, 1.82) is 0 Å². The number of para-hydroxylation sites is 1. The molecule has 0 fully saturated rings. The van der Waals surface area contributed by atoms with Crippen LogP contribution in [0.25, 0.3) is 0 Å². The topological polar surface area (TPSA) is 68.2 Å². The number of carbonyl (C=O) groups is 1. The van der Waals surface area contributed by atoms with Crippen LogP contribution in [0.1, 0.15) is 35.7 Å². The summed E-state index contributed by atoms with van der Waals surface area (Å²) in [5.41, 5.74) is 3.57. The highest BCUT2D eigenvalue weighted by Gasteiger charge is 2.26. The van der Waals surface area contributed by atoms with Gasteiger partial charge in [0, 0.05) is 24.7 Å². The molecule has 24 heavy (non-hydrogen) atoms. The van der Waals surface area contributed by atoms with E-state index >= 15 is 0 Å². The summed E-state index contributed by atoms with van der Waals surface area (Å²) in [6, 6.07) is 7.93. The molecule has 2 heterocycles. The van der Waals surface area contributed by atoms with E-state index in [1.807, 2.05) is 36.1 Å². The van der Waals surface area contributed by atoms with Gasteiger partial charge in [0.2, 0.25) is 0 Å². The average Bonchev–Trinajstić information content (AvgIpc) is 3.17. The lowest BCUT2D eigenvalue weighted by Gasteiger charge is -2.24. The second-order valence-corrected chi connectivity index (χ2v) is 6.52. The average molecular weight is 326 g/mol. The van der Waals surface area contributed by atoms with Crippen molar-refractivity contribution in [2.24, 2.45) is 7.05 Å². The Hall–Kier alpha value is -2.50. The second kappa shape index (κ2) is 6.19. The molecule has 0 unspecified atom stereocenters. The van der Waals surface area contributed by atoms with Crippen molar-refractivity contribution in [2.45, 2.75) is 37.8 Å². The quantitative estimate of drug-likeness (QED) is 0.907. The monoisotopic (exact) mass is 326 g/mol. The number of carbonyl (C=O) groups excluding carboxylic acids is 1. The Kier molecular flexibility index (Phi) is 3.88. The van der Waals surface area contributed by atoms with Crippen molar-refractivity contribution in [1.82, 2.24) is 20.4 Å². The van der Waals surface area contributed by atoms with E-state index in [1.54, 1.807) is 0 Å². The van der Waals surface area contributed by atoms with Crippen molar-refractivity contribution >= 4 is 6.03 Å². The number of benzene rings is 1. The number of nitrogens with one attached hydrogen (secondary N) is 2. The van der Waals surface area contributed by atoms with Gasteiger partial charge in [-0.25, -0.2) is 4.79 Å². The summed E-state index contributed by atoms with van der Waals surface area (Å²) in [6.45, 7) is 0.507. The maximum Gasteiger partial charge on any atom is 0.315 e. The first-order chi connectivity index (χ1) is 11.7. The van der Waals surface area contributed by atoms with Crippen LogP contribution in [-0.4, -0.2) is 28.5 Å². The summed E-state index contributed by atoms with van der Waals surface area (Å²) >= 11 is 0. The molecule has 1 aromatic heterocycles. The lowest BCUT2D eigenvalue weighted by Crippen LogP contribution is -2.43. The van der Waals surface area contributed by atoms with Crippen LogP contribution in [-0.2, 0) is 19.9 Å². The van der Waals surface area contributed by atoms with E-state index in [4.69, 9.17) is 4.74 Å². The Morgan fingerprint density at radius 3 is 3.17 bits per heavy atom. The van der Waals surface area contributed by atoms with Crippen LogP contribution in [0.2, 0.25) is 0 Å². The van der Waals surface area contributed by atoms with Crippen molar-refractivity contribution in [3.05, 3.63) is 47.3 Å². The fourth-order valence-corrected chi connectivity index (χ4v) is 3.64. The molecule has 2 amide bonds. The van der Waals surface area contributed by atoms with Crippen LogP contribution >= 0.6 is 0 Å². The third-order valence-electron chi connectivity index (χ3n) is 4.89. The number of aromatic nitrogens is 2. The number of nitrogens with zero attached hydrogens (tertiary/aromatic N) is 2. The Bertz CT molecular complexity index is 730. The Balaban J connectivity index is 1.31. The Labute approximate surface area is 141 Å². The molecule has 2 N–H and O–H groups in total. The molecule has 0 spiro atoms. The first kappa shape index (κ1) is 15.1. The first-order valence-corrected chi connectivity index (χ1v) is 8.50. The Morgan fingerprint density at radius 2 is 2.29 bits per heavy atom. The lowest BCUT2D eigenvalue weighted by molar-refractivity contribution is 0.211. The standard InChI is InChI=1S/C18H22N4O2/c1-22-16-7-4-6-15(14(16)11-20-22)21-18(23)19-10-13-9-12-5-2-3-8-17(12)24-13/h2-3,5,8,11,13,15H,4,6-7,9-10H2,1H3,(H2,19,21,23)/t13-,15-/m0/s1. The normalized spacial score (nSPS) is 21.5. The summed E-state index contributed by atoms with van der Waals surface area (Å²) in [7, 11) is 1.95. The van der Waals surface area contributed by atoms with Gasteiger partial charge in [-0.3, -0.25) is 4.68 Å². The summed E-state index contributed by atoms with van der Waals surface area (Å²) in [4.78, 5) is 12.3. The van der Waals surface area contributed by atoms with Crippen molar-refractivity contribution < 1.29 is 9.53 Å². The lowest BCUT2D eigenvalue weighted by atomic mass is 9.93. The van der Waals surface area contributed by atoms with Gasteiger partial charge in [-0.2, -0.15) is 5.10 Å². The smallest absolute Gasteiger partial charge is 0.315 e. The van der Waals surface area contributed by atoms with E-state index in [0.717, 1.165) is 37.0 Å². The molecule has 1 aromatic carbocycles. The van der Waals surface area contributed by atoms with Gasteiger partial charge in [-0.15, -0.1) is 0 Å². The molecule has 2 aromatic rings. The maximum absolute atomic E-state index is 12.3. The largest absolute Gasteiger partial charge is 0.488 e. The van der Waals surface area contributed by atoms with Gasteiger partial charge < -0.3 is 15.4 Å². The summed E-state index contributed by atoms with van der Waals surface area (Å²) in [5.74, 6) is 0.928. The van der Waals surface area contributed by atoms with Gasteiger partial charge in [0.05, 0.1) is 18.8 Å². The van der Waals surface area contributed by atoms with Crippen LogP contribution in [0.5, 0.6) is 5.75 Å². The number of fused-ring (bicyclic) bond motifs is 2. The third-order valence-corrected chi connectivity index (χ3v) is 4.89. The van der Waals surface area contributed by atoms with E-state index in [-0.39, 0.29) is 18.2 Å². The van der Waals surface area contributed by atoms with Gasteiger partial charge in [-0.1, -0.05) is 18.2 Å². The predicted octanol–water partition coefficient (Wildman–Crippen LogP) is 2.10. The van der Waals surface area contributed by atoms with Crippen LogP contribution in [0.4, 0.5) is 4.79 Å². The zero-order valence-corrected chi connectivity index (χ0v) is 13.8. The number of hydrogen-bond donors (Lipinski definition) is 2. The molecule has 0 saturated carbocycles. The predicted molar refractivity (Wildman–Crippen MR) is 90.0 cm³/mol. The zero-order chi connectivity index (χ0) is 16.5. The molecule has 6 heteroatoms. The summed E-state index contributed by atoms with van der Waals surface area (Å²) in [5, 5.41) is 10.3. The molecule has 0 radical (unpaired) electrons. The molecule has 2 atom stereocenters. The molecular weight excluding hydrogens is 304 g/mol. The SMILES string of the molecule is Cn1ncc2c1CCC[C@@H]2NC(=O)NC[C@@H]1Cc2ccccc2O1. The number of ether oxygens (including phenoxy) is 1. The van der Waals surface area contributed by atoms with Crippen molar-refractivity contribution in [2.75, 3.05) is 6.54 Å². The van der Waals surface area contributed by atoms with E-state index in [2.05, 4.69) is 21.8 Å². The molecule has 6 nitrogen and oxygen atoms in total. The molecule has 0 bridgehead atoms.